The van der Waals surface area contributed by atoms with Crippen molar-refractivity contribution < 1.29 is 12.8 Å². The van der Waals surface area contributed by atoms with Crippen LogP contribution in [0.1, 0.15) is 12.2 Å². The van der Waals surface area contributed by atoms with E-state index in [-0.39, 0.29) is 0 Å². The maximum atomic E-state index is 11.5. The van der Waals surface area contributed by atoms with Gasteiger partial charge in [-0.15, -0.1) is 0 Å². The molecule has 0 aromatic carbocycles. The maximum absolute atomic E-state index is 11.5. The summed E-state index contributed by atoms with van der Waals surface area (Å²) in [6, 6.07) is 3.52. The summed E-state index contributed by atoms with van der Waals surface area (Å²) in [5.41, 5.74) is 0. The Kier molecular flexibility index (Phi) is 2.58. The van der Waals surface area contributed by atoms with E-state index in [1.807, 2.05) is 0 Å². The van der Waals surface area contributed by atoms with Crippen LogP contribution < -0.4 is 4.72 Å². The molecule has 1 N–H and O–H groups in total. The van der Waals surface area contributed by atoms with E-state index in [2.05, 4.69) is 4.72 Å². The Labute approximate surface area is 82.9 Å². The molecule has 2 heterocycles. The molecule has 1 aromatic rings. The Hall–Kier alpha value is -0.850. The quantitative estimate of drug-likeness (QED) is 0.774. The fraction of sp³-hybridized carbons (Fsp3) is 0.500. The summed E-state index contributed by atoms with van der Waals surface area (Å²) in [5, 5.41) is 0. The van der Waals surface area contributed by atoms with Crippen LogP contribution in [0, 0.1) is 0 Å². The number of hydrogen-bond donors (Lipinski definition) is 1. The predicted molar refractivity (Wildman–Crippen MR) is 50.7 cm³/mol. The summed E-state index contributed by atoms with van der Waals surface area (Å²) in [5.74, 6) is 0.664. The lowest BCUT2D eigenvalue weighted by Gasteiger charge is -2.25. The van der Waals surface area contributed by atoms with Gasteiger partial charge in [0.1, 0.15) is 5.76 Å². The molecule has 0 bridgehead atoms. The third kappa shape index (κ3) is 1.97. The minimum Gasteiger partial charge on any atom is -0.468 e. The molecule has 5 nitrogen and oxygen atoms in total. The van der Waals surface area contributed by atoms with Gasteiger partial charge in [0.2, 0.25) is 0 Å². The second-order valence-electron chi connectivity index (χ2n) is 3.17. The summed E-state index contributed by atoms with van der Waals surface area (Å²) >= 11 is 0. The first-order chi connectivity index (χ1) is 6.68. The fourth-order valence-corrected chi connectivity index (χ4v) is 2.66. The Balaban J connectivity index is 2.10. The molecule has 1 fully saturated rings. The van der Waals surface area contributed by atoms with Crippen LogP contribution >= 0.6 is 0 Å². The van der Waals surface area contributed by atoms with E-state index in [9.17, 15) is 8.42 Å². The van der Waals surface area contributed by atoms with Gasteiger partial charge in [-0.3, -0.25) is 0 Å². The van der Waals surface area contributed by atoms with E-state index in [0.29, 0.717) is 25.4 Å². The summed E-state index contributed by atoms with van der Waals surface area (Å²) in [7, 11) is -3.28. The lowest BCUT2D eigenvalue weighted by atomic mass is 10.4. The molecule has 0 spiro atoms. The monoisotopic (exact) mass is 216 g/mol. The molecule has 0 atom stereocenters. The second-order valence-corrected chi connectivity index (χ2v) is 4.92. The number of rotatable bonds is 2. The third-order valence-corrected chi connectivity index (χ3v) is 3.68. The van der Waals surface area contributed by atoms with Crippen LogP contribution in [0.5, 0.6) is 0 Å². The van der Waals surface area contributed by atoms with Gasteiger partial charge in [0.25, 0.3) is 10.2 Å². The minimum atomic E-state index is -3.28. The number of nitrogens with zero attached hydrogens (tertiary/aromatic N) is 1. The van der Waals surface area contributed by atoms with Crippen molar-refractivity contribution in [1.29, 1.82) is 0 Å². The molecule has 2 rings (SSSR count). The molecule has 0 amide bonds. The lowest BCUT2D eigenvalue weighted by Crippen LogP contribution is -2.46. The van der Waals surface area contributed by atoms with E-state index >= 15 is 0 Å². The molecule has 0 saturated carbocycles. The number of hydrogen-bond acceptors (Lipinski definition) is 3. The summed E-state index contributed by atoms with van der Waals surface area (Å²) < 4.78 is 31.9. The van der Waals surface area contributed by atoms with Crippen molar-refractivity contribution in [1.82, 2.24) is 9.03 Å². The number of furan rings is 1. The highest BCUT2D eigenvalue weighted by molar-refractivity contribution is 7.87. The molecule has 1 saturated heterocycles. The zero-order chi connectivity index (χ0) is 10.0. The summed E-state index contributed by atoms with van der Waals surface area (Å²) in [4.78, 5) is 0. The molecule has 6 heteroatoms. The third-order valence-electron chi connectivity index (χ3n) is 2.12. The number of nitrogens with one attached hydrogen (secondary N) is 1. The van der Waals surface area contributed by atoms with Crippen molar-refractivity contribution >= 4 is 10.2 Å². The molecule has 0 radical (unpaired) electrons. The fourth-order valence-electron chi connectivity index (χ4n) is 1.41. The van der Waals surface area contributed by atoms with Gasteiger partial charge < -0.3 is 4.42 Å². The smallest absolute Gasteiger partial charge is 0.279 e. The first kappa shape index (κ1) is 9.70. The first-order valence-corrected chi connectivity index (χ1v) is 5.89. The van der Waals surface area contributed by atoms with Crippen molar-refractivity contribution in [3.05, 3.63) is 24.2 Å². The Morgan fingerprint density at radius 2 is 2.43 bits per heavy atom. The second kappa shape index (κ2) is 3.72. The molecule has 1 aromatic heterocycles. The van der Waals surface area contributed by atoms with Crippen molar-refractivity contribution in [2.45, 2.75) is 13.0 Å². The van der Waals surface area contributed by atoms with Crippen LogP contribution in [0.25, 0.3) is 0 Å². The zero-order valence-electron chi connectivity index (χ0n) is 7.64. The van der Waals surface area contributed by atoms with E-state index in [4.69, 9.17) is 4.42 Å². The van der Waals surface area contributed by atoms with Crippen LogP contribution in [0.15, 0.2) is 22.8 Å². The van der Waals surface area contributed by atoms with Gasteiger partial charge in [0.05, 0.1) is 12.8 Å². The van der Waals surface area contributed by atoms with Crippen LogP contribution in [0.2, 0.25) is 0 Å². The Morgan fingerprint density at radius 1 is 1.57 bits per heavy atom. The van der Waals surface area contributed by atoms with E-state index in [1.54, 1.807) is 18.4 Å². The van der Waals surface area contributed by atoms with Gasteiger partial charge in [0, 0.05) is 13.1 Å². The summed E-state index contributed by atoms with van der Waals surface area (Å²) in [6.45, 7) is 1.38. The van der Waals surface area contributed by atoms with Crippen LogP contribution in [-0.4, -0.2) is 25.8 Å². The van der Waals surface area contributed by atoms with Gasteiger partial charge >= 0.3 is 0 Å². The largest absolute Gasteiger partial charge is 0.468 e. The minimum absolute atomic E-state index is 0.308. The van der Waals surface area contributed by atoms with Crippen LogP contribution in [0.3, 0.4) is 0 Å². The molecule has 0 unspecified atom stereocenters. The zero-order valence-corrected chi connectivity index (χ0v) is 8.46. The molecule has 0 aliphatic carbocycles. The van der Waals surface area contributed by atoms with E-state index < -0.39 is 10.2 Å². The molecule has 1 aliphatic rings. The molecule has 1 aliphatic heterocycles. The maximum Gasteiger partial charge on any atom is 0.279 e. The van der Waals surface area contributed by atoms with Crippen molar-refractivity contribution in [3.8, 4) is 0 Å². The van der Waals surface area contributed by atoms with Crippen LogP contribution in [-0.2, 0) is 16.8 Å². The van der Waals surface area contributed by atoms with Crippen LogP contribution in [0.4, 0.5) is 0 Å². The molecular formula is C8H12N2O3S. The topological polar surface area (TPSA) is 62.6 Å². The van der Waals surface area contributed by atoms with E-state index in [1.165, 1.54) is 4.31 Å². The lowest BCUT2D eigenvalue weighted by molar-refractivity contribution is 0.338. The Morgan fingerprint density at radius 3 is 3.07 bits per heavy atom. The highest BCUT2D eigenvalue weighted by atomic mass is 32.2. The van der Waals surface area contributed by atoms with E-state index in [0.717, 1.165) is 6.42 Å². The highest BCUT2D eigenvalue weighted by Crippen LogP contribution is 2.11. The molecule has 14 heavy (non-hydrogen) atoms. The standard InChI is InChI=1S/C8H12N2O3S/c11-14(12)9-4-2-5-10(14)7-8-3-1-6-13-8/h1,3,6,9H,2,4-5,7H2. The highest BCUT2D eigenvalue weighted by Gasteiger charge is 2.25. The average molecular weight is 216 g/mol. The molecular weight excluding hydrogens is 204 g/mol. The van der Waals surface area contributed by atoms with Crippen molar-refractivity contribution in [2.75, 3.05) is 13.1 Å². The average Bonchev–Trinajstić information content (AvgIpc) is 2.61. The van der Waals surface area contributed by atoms with Gasteiger partial charge in [0.15, 0.2) is 0 Å². The Bertz CT molecular complexity index is 385. The van der Waals surface area contributed by atoms with Gasteiger partial charge in [-0.1, -0.05) is 0 Å². The van der Waals surface area contributed by atoms with Gasteiger partial charge in [-0.25, -0.2) is 4.72 Å². The first-order valence-electron chi connectivity index (χ1n) is 4.45. The predicted octanol–water partition coefficient (Wildman–Crippen LogP) is 0.320. The normalized spacial score (nSPS) is 22.3. The van der Waals surface area contributed by atoms with Crippen molar-refractivity contribution in [3.63, 3.8) is 0 Å². The van der Waals surface area contributed by atoms with Gasteiger partial charge in [-0.05, 0) is 18.6 Å². The van der Waals surface area contributed by atoms with Crippen molar-refractivity contribution in [2.24, 2.45) is 0 Å². The molecule has 78 valence electrons. The van der Waals surface area contributed by atoms with Gasteiger partial charge in [-0.2, -0.15) is 12.7 Å². The SMILES string of the molecule is O=S1(=O)NCCCN1Cc1ccco1. The summed E-state index contributed by atoms with van der Waals surface area (Å²) in [6.07, 6.45) is 2.37.